The Morgan fingerprint density at radius 3 is 2.14 bits per heavy atom. The van der Waals surface area contributed by atoms with E-state index in [0.717, 1.165) is 16.9 Å². The number of aliphatic hydroxyl groups is 2. The summed E-state index contributed by atoms with van der Waals surface area (Å²) in [6.07, 6.45) is -1.03. The van der Waals surface area contributed by atoms with Crippen LogP contribution in [0.15, 0.2) is 12.1 Å². The molecule has 0 spiro atoms. The van der Waals surface area contributed by atoms with E-state index in [4.69, 9.17) is 16.3 Å². The maximum absolute atomic E-state index is 9.90. The Morgan fingerprint density at radius 2 is 1.67 bits per heavy atom. The van der Waals surface area contributed by atoms with Gasteiger partial charge in [0.05, 0.1) is 18.8 Å². The molecule has 0 fully saturated rings. The van der Waals surface area contributed by atoms with Crippen molar-refractivity contribution in [1.29, 1.82) is 0 Å². The number of rotatable bonds is 7. The molecule has 0 radical (unpaired) electrons. The van der Waals surface area contributed by atoms with E-state index in [9.17, 15) is 10.2 Å². The zero-order valence-electron chi connectivity index (χ0n) is 13.6. The van der Waals surface area contributed by atoms with Crippen molar-refractivity contribution in [3.63, 3.8) is 0 Å². The van der Waals surface area contributed by atoms with Crippen LogP contribution in [0.25, 0.3) is 0 Å². The van der Waals surface area contributed by atoms with Gasteiger partial charge in [-0.1, -0.05) is 32.4 Å². The van der Waals surface area contributed by atoms with Crippen LogP contribution < -0.4 is 4.74 Å². The first-order valence-corrected chi connectivity index (χ1v) is 7.97. The molecule has 4 heteroatoms. The minimum atomic E-state index is -0.754. The monoisotopic (exact) mass is 314 g/mol. The fraction of sp³-hybridized carbons (Fsp3) is 0.647. The molecule has 0 heterocycles. The lowest BCUT2D eigenvalue weighted by Crippen LogP contribution is -2.24. The molecule has 120 valence electrons. The average Bonchev–Trinajstić information content (AvgIpc) is 2.39. The quantitative estimate of drug-likeness (QED) is 0.796. The van der Waals surface area contributed by atoms with Crippen LogP contribution in [0.2, 0.25) is 5.02 Å². The first-order chi connectivity index (χ1) is 9.77. The average molecular weight is 315 g/mol. The second kappa shape index (κ2) is 8.02. The first kappa shape index (κ1) is 18.3. The van der Waals surface area contributed by atoms with Gasteiger partial charge in [-0.15, -0.1) is 0 Å². The van der Waals surface area contributed by atoms with Gasteiger partial charge in [-0.2, -0.15) is 0 Å². The largest absolute Gasteiger partial charge is 0.493 e. The molecule has 0 saturated heterocycles. The number of ether oxygens (including phenoxy) is 1. The minimum Gasteiger partial charge on any atom is -0.493 e. The third-order valence-corrected chi connectivity index (χ3v) is 3.92. The highest BCUT2D eigenvalue weighted by atomic mass is 35.5. The summed E-state index contributed by atoms with van der Waals surface area (Å²) in [6.45, 7) is 10.4. The molecule has 0 aliphatic rings. The molecule has 3 unspecified atom stereocenters. The van der Waals surface area contributed by atoms with Gasteiger partial charge in [0, 0.05) is 5.02 Å². The van der Waals surface area contributed by atoms with E-state index in [-0.39, 0.29) is 5.92 Å². The Labute approximate surface area is 132 Å². The second-order valence-corrected chi connectivity index (χ2v) is 6.38. The second-order valence-electron chi connectivity index (χ2n) is 5.95. The van der Waals surface area contributed by atoms with Gasteiger partial charge in [0.2, 0.25) is 0 Å². The highest BCUT2D eigenvalue weighted by Crippen LogP contribution is 2.39. The van der Waals surface area contributed by atoms with E-state index in [1.54, 1.807) is 6.92 Å². The van der Waals surface area contributed by atoms with Crippen LogP contribution in [-0.2, 0) is 0 Å². The molecule has 0 aliphatic heterocycles. The molecule has 21 heavy (non-hydrogen) atoms. The Hall–Kier alpha value is -0.770. The van der Waals surface area contributed by atoms with Gasteiger partial charge in [-0.3, -0.25) is 0 Å². The SMILES string of the molecule is CCOc1c(C(C)C)cc(Cl)cc1C(C)CC(O)C(C)O. The van der Waals surface area contributed by atoms with Crippen molar-refractivity contribution in [3.05, 3.63) is 28.3 Å². The lowest BCUT2D eigenvalue weighted by atomic mass is 9.89. The summed E-state index contributed by atoms with van der Waals surface area (Å²) in [5.74, 6) is 1.22. The summed E-state index contributed by atoms with van der Waals surface area (Å²) < 4.78 is 5.84. The normalized spacial score (nSPS) is 15.9. The summed E-state index contributed by atoms with van der Waals surface area (Å²) in [4.78, 5) is 0. The van der Waals surface area contributed by atoms with Crippen molar-refractivity contribution >= 4 is 11.6 Å². The van der Waals surface area contributed by atoms with Crippen molar-refractivity contribution in [2.24, 2.45) is 0 Å². The molecular weight excluding hydrogens is 288 g/mol. The molecule has 3 atom stereocenters. The first-order valence-electron chi connectivity index (χ1n) is 7.60. The lowest BCUT2D eigenvalue weighted by molar-refractivity contribution is 0.0226. The summed E-state index contributed by atoms with van der Waals surface area (Å²) in [5, 5.41) is 20.1. The summed E-state index contributed by atoms with van der Waals surface area (Å²) in [5.41, 5.74) is 2.07. The van der Waals surface area contributed by atoms with Crippen LogP contribution >= 0.6 is 11.6 Å². The number of hydrogen-bond acceptors (Lipinski definition) is 3. The Balaban J connectivity index is 3.20. The van der Waals surface area contributed by atoms with Crippen molar-refractivity contribution in [2.75, 3.05) is 6.61 Å². The van der Waals surface area contributed by atoms with Gasteiger partial charge in [0.15, 0.2) is 0 Å². The number of aliphatic hydroxyl groups excluding tert-OH is 2. The topological polar surface area (TPSA) is 49.7 Å². The predicted octanol–water partition coefficient (Wildman–Crippen LogP) is 4.10. The van der Waals surface area contributed by atoms with Crippen molar-refractivity contribution in [3.8, 4) is 5.75 Å². The highest BCUT2D eigenvalue weighted by molar-refractivity contribution is 6.30. The molecule has 1 aromatic rings. The summed E-state index contributed by atoms with van der Waals surface area (Å²) in [7, 11) is 0. The molecule has 2 N–H and O–H groups in total. The van der Waals surface area contributed by atoms with Crippen LogP contribution in [-0.4, -0.2) is 29.0 Å². The summed E-state index contributed by atoms with van der Waals surface area (Å²) >= 11 is 6.24. The molecule has 0 aliphatic carbocycles. The van der Waals surface area contributed by atoms with Crippen LogP contribution in [0.3, 0.4) is 0 Å². The van der Waals surface area contributed by atoms with Gasteiger partial charge in [-0.05, 0) is 55.4 Å². The van der Waals surface area contributed by atoms with E-state index in [1.165, 1.54) is 0 Å². The fourth-order valence-corrected chi connectivity index (χ4v) is 2.66. The number of halogens is 1. The molecule has 1 rings (SSSR count). The smallest absolute Gasteiger partial charge is 0.126 e. The minimum absolute atomic E-state index is 0.0485. The Kier molecular flexibility index (Phi) is 6.98. The fourth-order valence-electron chi connectivity index (χ4n) is 2.43. The van der Waals surface area contributed by atoms with E-state index in [2.05, 4.69) is 13.8 Å². The highest BCUT2D eigenvalue weighted by Gasteiger charge is 2.22. The van der Waals surface area contributed by atoms with Gasteiger partial charge >= 0.3 is 0 Å². The maximum atomic E-state index is 9.90. The standard InChI is InChI=1S/C17H27ClO3/c1-6-21-17-14(10(2)3)8-13(18)9-15(17)11(4)7-16(20)12(5)19/h8-12,16,19-20H,6-7H2,1-5H3. The van der Waals surface area contributed by atoms with Gasteiger partial charge in [0.1, 0.15) is 5.75 Å². The molecule has 0 saturated carbocycles. The van der Waals surface area contributed by atoms with Gasteiger partial charge in [-0.25, -0.2) is 0 Å². The zero-order chi connectivity index (χ0) is 16.2. The molecule has 0 aromatic heterocycles. The van der Waals surface area contributed by atoms with E-state index in [1.807, 2.05) is 26.0 Å². The molecule has 0 amide bonds. The third-order valence-electron chi connectivity index (χ3n) is 3.70. The van der Waals surface area contributed by atoms with Crippen molar-refractivity contribution in [2.45, 2.75) is 65.1 Å². The van der Waals surface area contributed by atoms with Crippen LogP contribution in [0, 0.1) is 0 Å². The Morgan fingerprint density at radius 1 is 1.10 bits per heavy atom. The van der Waals surface area contributed by atoms with E-state index < -0.39 is 12.2 Å². The Bertz CT molecular complexity index is 458. The number of benzene rings is 1. The van der Waals surface area contributed by atoms with Crippen LogP contribution in [0.4, 0.5) is 0 Å². The van der Waals surface area contributed by atoms with Crippen LogP contribution in [0.1, 0.15) is 64.0 Å². The predicted molar refractivity (Wildman–Crippen MR) is 87.4 cm³/mol. The van der Waals surface area contributed by atoms with E-state index in [0.29, 0.717) is 24.0 Å². The van der Waals surface area contributed by atoms with E-state index >= 15 is 0 Å². The molecule has 3 nitrogen and oxygen atoms in total. The lowest BCUT2D eigenvalue weighted by Gasteiger charge is -2.24. The molecule has 0 bridgehead atoms. The third kappa shape index (κ3) is 4.87. The number of hydrogen-bond donors (Lipinski definition) is 2. The molecule has 1 aromatic carbocycles. The summed E-state index contributed by atoms with van der Waals surface area (Å²) in [6, 6.07) is 3.84. The molecular formula is C17H27ClO3. The van der Waals surface area contributed by atoms with Crippen molar-refractivity contribution < 1.29 is 14.9 Å². The van der Waals surface area contributed by atoms with Gasteiger partial charge < -0.3 is 14.9 Å². The maximum Gasteiger partial charge on any atom is 0.126 e. The van der Waals surface area contributed by atoms with Crippen LogP contribution in [0.5, 0.6) is 5.75 Å². The van der Waals surface area contributed by atoms with Gasteiger partial charge in [0.25, 0.3) is 0 Å². The zero-order valence-corrected chi connectivity index (χ0v) is 14.3. The van der Waals surface area contributed by atoms with Crippen molar-refractivity contribution in [1.82, 2.24) is 0 Å².